The molecule has 0 saturated carbocycles. The second-order valence-electron chi connectivity index (χ2n) is 4.65. The van der Waals surface area contributed by atoms with Crippen LogP contribution in [0.25, 0.3) is 0 Å². The van der Waals surface area contributed by atoms with Gasteiger partial charge in [0.1, 0.15) is 5.60 Å². The fourth-order valence-corrected chi connectivity index (χ4v) is 2.47. The molecular formula is C13H19NO. The number of aliphatic hydroxyl groups is 1. The minimum Gasteiger partial charge on any atom is -0.467 e. The highest BCUT2D eigenvalue weighted by atomic mass is 16.3. The molecule has 3 atom stereocenters. The maximum atomic E-state index is 10.7. The van der Waals surface area contributed by atoms with Gasteiger partial charge < -0.3 is 10.0 Å². The molecule has 2 nitrogen and oxygen atoms in total. The maximum absolute atomic E-state index is 10.7. The molecule has 1 aliphatic heterocycles. The Morgan fingerprint density at radius 2 is 2.07 bits per heavy atom. The topological polar surface area (TPSA) is 24.7 Å². The lowest BCUT2D eigenvalue weighted by Crippen LogP contribution is -3.09. The van der Waals surface area contributed by atoms with Crippen molar-refractivity contribution in [1.82, 2.24) is 0 Å². The summed E-state index contributed by atoms with van der Waals surface area (Å²) in [6.45, 7) is 3.98. The van der Waals surface area contributed by atoms with Gasteiger partial charge in [0.2, 0.25) is 0 Å². The second kappa shape index (κ2) is 3.95. The minimum atomic E-state index is -0.650. The van der Waals surface area contributed by atoms with Crippen molar-refractivity contribution in [1.29, 1.82) is 0 Å². The number of quaternary nitrogens is 1. The summed E-state index contributed by atoms with van der Waals surface area (Å²) in [6.07, 6.45) is 0.803. The Bertz CT molecular complexity index is 325. The van der Waals surface area contributed by atoms with Crippen LogP contribution < -0.4 is 4.90 Å². The van der Waals surface area contributed by atoms with Gasteiger partial charge in [0, 0.05) is 12.3 Å². The molecule has 82 valence electrons. The summed E-state index contributed by atoms with van der Waals surface area (Å²) in [5.74, 6) is 0.265. The number of hydrogen-bond acceptors (Lipinski definition) is 1. The van der Waals surface area contributed by atoms with Crippen molar-refractivity contribution in [3.05, 3.63) is 42.9 Å². The van der Waals surface area contributed by atoms with Gasteiger partial charge in [-0.25, -0.2) is 0 Å². The lowest BCUT2D eigenvalue weighted by Gasteiger charge is -2.42. The molecule has 1 saturated heterocycles. The van der Waals surface area contributed by atoms with Gasteiger partial charge in [-0.1, -0.05) is 37.3 Å². The van der Waals surface area contributed by atoms with Crippen molar-refractivity contribution in [3.63, 3.8) is 0 Å². The molecule has 2 N–H and O–H groups in total. The molecule has 1 aromatic carbocycles. The summed E-state index contributed by atoms with van der Waals surface area (Å²) in [4.78, 5) is 1.27. The Balaban J connectivity index is 2.27. The van der Waals surface area contributed by atoms with Crippen LogP contribution in [0.1, 0.15) is 18.9 Å². The van der Waals surface area contributed by atoms with Crippen LogP contribution in [0.4, 0.5) is 0 Å². The van der Waals surface area contributed by atoms with E-state index >= 15 is 0 Å². The molecule has 1 aromatic rings. The van der Waals surface area contributed by atoms with E-state index in [0.29, 0.717) is 0 Å². The second-order valence-corrected chi connectivity index (χ2v) is 4.65. The van der Waals surface area contributed by atoms with Crippen LogP contribution in [0.3, 0.4) is 0 Å². The summed E-state index contributed by atoms with van der Waals surface area (Å²) < 4.78 is 0. The number of nitrogens with one attached hydrogen (secondary N) is 1. The SMILES string of the molecule is [CH2-][NH+]1CCC(O)(c2ccccc2)C(C)C1. The Labute approximate surface area is 91.5 Å². The first-order chi connectivity index (χ1) is 7.13. The Hall–Kier alpha value is -0.860. The molecule has 2 rings (SSSR count). The van der Waals surface area contributed by atoms with E-state index in [1.165, 1.54) is 4.90 Å². The molecule has 1 aliphatic rings. The van der Waals surface area contributed by atoms with Crippen LogP contribution in [0.2, 0.25) is 0 Å². The molecule has 1 heterocycles. The molecule has 1 fully saturated rings. The first-order valence-electron chi connectivity index (χ1n) is 5.57. The van der Waals surface area contributed by atoms with Crippen molar-refractivity contribution >= 4 is 0 Å². The number of rotatable bonds is 1. The fraction of sp³-hybridized carbons (Fsp3) is 0.462. The third-order valence-electron chi connectivity index (χ3n) is 3.54. The van der Waals surface area contributed by atoms with Crippen molar-refractivity contribution in [2.24, 2.45) is 5.92 Å². The molecule has 0 aliphatic carbocycles. The van der Waals surface area contributed by atoms with Gasteiger partial charge in [-0.15, -0.1) is 0 Å². The van der Waals surface area contributed by atoms with E-state index in [1.54, 1.807) is 0 Å². The van der Waals surface area contributed by atoms with E-state index in [2.05, 4.69) is 14.0 Å². The van der Waals surface area contributed by atoms with E-state index in [4.69, 9.17) is 0 Å². The van der Waals surface area contributed by atoms with Gasteiger partial charge in [0.25, 0.3) is 0 Å². The predicted octanol–water partition coefficient (Wildman–Crippen LogP) is 0.590. The van der Waals surface area contributed by atoms with Crippen LogP contribution in [0.5, 0.6) is 0 Å². The smallest absolute Gasteiger partial charge is 0.103 e. The molecule has 3 unspecified atom stereocenters. The highest BCUT2D eigenvalue weighted by Crippen LogP contribution is 2.33. The average Bonchev–Trinajstić information content (AvgIpc) is 2.25. The zero-order valence-corrected chi connectivity index (χ0v) is 9.24. The van der Waals surface area contributed by atoms with E-state index < -0.39 is 5.60 Å². The Morgan fingerprint density at radius 1 is 1.40 bits per heavy atom. The van der Waals surface area contributed by atoms with Crippen molar-refractivity contribution in [2.75, 3.05) is 13.1 Å². The highest BCUT2D eigenvalue weighted by molar-refractivity contribution is 5.23. The predicted molar refractivity (Wildman–Crippen MR) is 60.2 cm³/mol. The number of piperidine rings is 1. The van der Waals surface area contributed by atoms with Crippen LogP contribution in [0.15, 0.2) is 30.3 Å². The van der Waals surface area contributed by atoms with Gasteiger partial charge >= 0.3 is 0 Å². The monoisotopic (exact) mass is 205 g/mol. The minimum absolute atomic E-state index is 0.265. The molecule has 0 radical (unpaired) electrons. The summed E-state index contributed by atoms with van der Waals surface area (Å²) in [5, 5.41) is 10.7. The van der Waals surface area contributed by atoms with Gasteiger partial charge in [-0.2, -0.15) is 7.05 Å². The Morgan fingerprint density at radius 3 is 2.67 bits per heavy atom. The van der Waals surface area contributed by atoms with Crippen LogP contribution in [0, 0.1) is 13.0 Å². The van der Waals surface area contributed by atoms with Crippen LogP contribution >= 0.6 is 0 Å². The quantitative estimate of drug-likeness (QED) is 0.644. The lowest BCUT2D eigenvalue weighted by atomic mass is 9.77. The fourth-order valence-electron chi connectivity index (χ4n) is 2.47. The van der Waals surface area contributed by atoms with Crippen LogP contribution in [-0.2, 0) is 5.60 Å². The Kier molecular flexibility index (Phi) is 2.81. The first-order valence-corrected chi connectivity index (χ1v) is 5.57. The summed E-state index contributed by atoms with van der Waals surface area (Å²) in [6, 6.07) is 10.0. The zero-order valence-electron chi connectivity index (χ0n) is 9.24. The van der Waals surface area contributed by atoms with E-state index in [0.717, 1.165) is 25.1 Å². The highest BCUT2D eigenvalue weighted by Gasteiger charge is 2.40. The van der Waals surface area contributed by atoms with Crippen LogP contribution in [-0.4, -0.2) is 18.2 Å². The van der Waals surface area contributed by atoms with Gasteiger partial charge in [0.15, 0.2) is 0 Å². The molecule has 0 aromatic heterocycles. The first kappa shape index (κ1) is 10.7. The number of benzene rings is 1. The summed E-state index contributed by atoms with van der Waals surface area (Å²) in [5.41, 5.74) is 0.396. The van der Waals surface area contributed by atoms with Crippen molar-refractivity contribution < 1.29 is 10.0 Å². The van der Waals surface area contributed by atoms with E-state index in [9.17, 15) is 5.11 Å². The van der Waals surface area contributed by atoms with Gasteiger partial charge in [-0.05, 0) is 5.56 Å². The van der Waals surface area contributed by atoms with Gasteiger partial charge in [0.05, 0.1) is 13.1 Å². The molecule has 0 amide bonds. The third kappa shape index (κ3) is 1.92. The summed E-state index contributed by atoms with van der Waals surface area (Å²) in [7, 11) is 4.01. The van der Waals surface area contributed by atoms with Gasteiger partial charge in [-0.3, -0.25) is 0 Å². The zero-order chi connectivity index (χ0) is 10.9. The van der Waals surface area contributed by atoms with Crippen molar-refractivity contribution in [2.45, 2.75) is 18.9 Å². The maximum Gasteiger partial charge on any atom is 0.103 e. The number of likely N-dealkylation sites (tertiary alicyclic amines) is 1. The lowest BCUT2D eigenvalue weighted by molar-refractivity contribution is -0.867. The van der Waals surface area contributed by atoms with E-state index in [1.807, 2.05) is 30.3 Å². The standard InChI is InChI=1S/C13H19NO/c1-11-10-14(2)9-8-13(11,15)12-6-4-3-5-7-12/h3-7,11,14-15H,2,8-10H2,1H3. The molecular weight excluding hydrogens is 186 g/mol. The largest absolute Gasteiger partial charge is 0.467 e. The van der Waals surface area contributed by atoms with Crippen molar-refractivity contribution in [3.8, 4) is 0 Å². The molecule has 0 bridgehead atoms. The molecule has 0 spiro atoms. The molecule has 2 heteroatoms. The normalized spacial score (nSPS) is 36.5. The summed E-state index contributed by atoms with van der Waals surface area (Å²) >= 11 is 0. The molecule has 15 heavy (non-hydrogen) atoms. The average molecular weight is 205 g/mol. The third-order valence-corrected chi connectivity index (χ3v) is 3.54. The van der Waals surface area contributed by atoms with E-state index in [-0.39, 0.29) is 5.92 Å². The number of hydrogen-bond donors (Lipinski definition) is 2.